The third-order valence-corrected chi connectivity index (χ3v) is 3.14. The zero-order valence-corrected chi connectivity index (χ0v) is 13.8. The van der Waals surface area contributed by atoms with Crippen molar-refractivity contribution < 1.29 is 18.9 Å². The maximum atomic E-state index is 5.81. The van der Waals surface area contributed by atoms with Crippen molar-refractivity contribution >= 4 is 0 Å². The highest BCUT2D eigenvalue weighted by atomic mass is 16.5. The molecule has 1 aromatic carbocycles. The van der Waals surface area contributed by atoms with Gasteiger partial charge in [-0.15, -0.1) is 0 Å². The van der Waals surface area contributed by atoms with E-state index < -0.39 is 0 Å². The molecule has 1 aromatic rings. The van der Waals surface area contributed by atoms with Gasteiger partial charge < -0.3 is 18.9 Å². The molecule has 0 bridgehead atoms. The molecule has 0 aliphatic heterocycles. The monoisotopic (exact) mass is 316 g/mol. The Morgan fingerprint density at radius 1 is 0.826 bits per heavy atom. The van der Waals surface area contributed by atoms with Gasteiger partial charge >= 0.3 is 0 Å². The van der Waals surface area contributed by atoms with Crippen LogP contribution in [-0.4, -0.2) is 26.4 Å². The minimum absolute atomic E-state index is 0.439. The topological polar surface area (TPSA) is 36.9 Å². The molecule has 1 aliphatic carbocycles. The zero-order chi connectivity index (χ0) is 16.3. The number of rotatable bonds is 9. The predicted molar refractivity (Wildman–Crippen MR) is 90.6 cm³/mol. The van der Waals surface area contributed by atoms with Gasteiger partial charge in [-0.25, -0.2) is 0 Å². The summed E-state index contributed by atoms with van der Waals surface area (Å²) in [4.78, 5) is 0. The number of hydrogen-bond acceptors (Lipinski definition) is 4. The van der Waals surface area contributed by atoms with Crippen LogP contribution in [0.25, 0.3) is 0 Å². The Hall–Kier alpha value is -2.36. The first-order valence-corrected chi connectivity index (χ1v) is 8.01. The van der Waals surface area contributed by atoms with E-state index in [9.17, 15) is 0 Å². The number of hydrogen-bond donors (Lipinski definition) is 0. The summed E-state index contributed by atoms with van der Waals surface area (Å²) in [6.45, 7) is 6.04. The average Bonchev–Trinajstić information content (AvgIpc) is 2.79. The van der Waals surface area contributed by atoms with E-state index in [1.807, 2.05) is 62.4 Å². The molecule has 0 saturated carbocycles. The lowest BCUT2D eigenvalue weighted by Gasteiger charge is -2.14. The van der Waals surface area contributed by atoms with Crippen LogP contribution in [0.2, 0.25) is 0 Å². The molecular weight excluding hydrogens is 292 g/mol. The first-order valence-electron chi connectivity index (χ1n) is 8.01. The van der Waals surface area contributed by atoms with Crippen molar-refractivity contribution in [3.8, 4) is 11.5 Å². The van der Waals surface area contributed by atoms with Crippen LogP contribution in [0.3, 0.4) is 0 Å². The molecule has 2 rings (SSSR count). The smallest absolute Gasteiger partial charge is 0.161 e. The first-order chi connectivity index (χ1) is 11.3. The SMILES string of the molecule is CCOC1=C(OCCOc2ccccc2OCC)C=CC=CC1. The molecule has 124 valence electrons. The van der Waals surface area contributed by atoms with Crippen LogP contribution in [-0.2, 0) is 9.47 Å². The second-order valence-electron chi connectivity index (χ2n) is 4.79. The van der Waals surface area contributed by atoms with Crippen LogP contribution < -0.4 is 9.47 Å². The minimum atomic E-state index is 0.439. The summed E-state index contributed by atoms with van der Waals surface area (Å²) < 4.78 is 22.7. The number of ether oxygens (including phenoxy) is 4. The highest BCUT2D eigenvalue weighted by Crippen LogP contribution is 2.26. The highest BCUT2D eigenvalue weighted by Gasteiger charge is 2.08. The summed E-state index contributed by atoms with van der Waals surface area (Å²) in [6, 6.07) is 7.64. The molecule has 0 amide bonds. The number of para-hydroxylation sites is 2. The van der Waals surface area contributed by atoms with Gasteiger partial charge in [0.25, 0.3) is 0 Å². The third kappa shape index (κ3) is 5.40. The molecule has 4 nitrogen and oxygen atoms in total. The third-order valence-electron chi connectivity index (χ3n) is 3.14. The van der Waals surface area contributed by atoms with Crippen molar-refractivity contribution in [2.75, 3.05) is 26.4 Å². The van der Waals surface area contributed by atoms with Gasteiger partial charge in [-0.3, -0.25) is 0 Å². The van der Waals surface area contributed by atoms with Crippen molar-refractivity contribution in [2.45, 2.75) is 20.3 Å². The molecule has 0 aromatic heterocycles. The molecule has 4 heteroatoms. The summed E-state index contributed by atoms with van der Waals surface area (Å²) in [7, 11) is 0. The second-order valence-corrected chi connectivity index (χ2v) is 4.79. The van der Waals surface area contributed by atoms with Crippen LogP contribution in [0.4, 0.5) is 0 Å². The van der Waals surface area contributed by atoms with Gasteiger partial charge in [0, 0.05) is 6.42 Å². The van der Waals surface area contributed by atoms with Crippen molar-refractivity contribution in [3.63, 3.8) is 0 Å². The van der Waals surface area contributed by atoms with E-state index in [2.05, 4.69) is 0 Å². The van der Waals surface area contributed by atoms with E-state index in [-0.39, 0.29) is 0 Å². The Labute approximate surface area is 138 Å². The molecule has 0 saturated heterocycles. The summed E-state index contributed by atoms with van der Waals surface area (Å²) in [5, 5.41) is 0. The minimum Gasteiger partial charge on any atom is -0.494 e. The summed E-state index contributed by atoms with van der Waals surface area (Å²) in [6.07, 6.45) is 8.65. The molecule has 0 heterocycles. The number of benzene rings is 1. The predicted octanol–water partition coefficient (Wildman–Crippen LogP) is 4.24. The van der Waals surface area contributed by atoms with Crippen LogP contribution in [0, 0.1) is 0 Å². The lowest BCUT2D eigenvalue weighted by Crippen LogP contribution is -2.09. The Morgan fingerprint density at radius 2 is 1.52 bits per heavy atom. The normalized spacial score (nSPS) is 13.7. The molecule has 0 unspecified atom stereocenters. The molecule has 23 heavy (non-hydrogen) atoms. The van der Waals surface area contributed by atoms with Gasteiger partial charge in [0.1, 0.15) is 19.0 Å². The maximum absolute atomic E-state index is 5.81. The molecule has 0 radical (unpaired) electrons. The first kappa shape index (κ1) is 17.0. The molecule has 1 aliphatic rings. The van der Waals surface area contributed by atoms with Gasteiger partial charge in [-0.1, -0.05) is 30.4 Å². The molecule has 0 N–H and O–H groups in total. The lowest BCUT2D eigenvalue weighted by atomic mass is 10.3. The van der Waals surface area contributed by atoms with Crippen LogP contribution in [0.15, 0.2) is 60.1 Å². The van der Waals surface area contributed by atoms with E-state index in [1.54, 1.807) is 0 Å². The maximum Gasteiger partial charge on any atom is 0.161 e. The summed E-state index contributed by atoms with van der Waals surface area (Å²) in [5.41, 5.74) is 0. The van der Waals surface area contributed by atoms with Crippen molar-refractivity contribution in [1.82, 2.24) is 0 Å². The van der Waals surface area contributed by atoms with Gasteiger partial charge in [0.15, 0.2) is 17.3 Å². The van der Waals surface area contributed by atoms with E-state index in [1.165, 1.54) is 0 Å². The Morgan fingerprint density at radius 3 is 2.26 bits per heavy atom. The summed E-state index contributed by atoms with van der Waals surface area (Å²) >= 11 is 0. The van der Waals surface area contributed by atoms with Crippen LogP contribution in [0.1, 0.15) is 20.3 Å². The zero-order valence-electron chi connectivity index (χ0n) is 13.8. The van der Waals surface area contributed by atoms with Crippen molar-refractivity contribution in [3.05, 3.63) is 60.1 Å². The van der Waals surface area contributed by atoms with E-state index >= 15 is 0 Å². The second kappa shape index (κ2) is 9.62. The largest absolute Gasteiger partial charge is 0.494 e. The Bertz CT molecular complexity index is 572. The lowest BCUT2D eigenvalue weighted by molar-refractivity contribution is 0.135. The fourth-order valence-corrected chi connectivity index (χ4v) is 2.17. The van der Waals surface area contributed by atoms with Crippen LogP contribution in [0.5, 0.6) is 11.5 Å². The van der Waals surface area contributed by atoms with Gasteiger partial charge in [0.05, 0.1) is 13.2 Å². The van der Waals surface area contributed by atoms with Gasteiger partial charge in [0.2, 0.25) is 0 Å². The fourth-order valence-electron chi connectivity index (χ4n) is 2.17. The molecular formula is C19H24O4. The highest BCUT2D eigenvalue weighted by molar-refractivity contribution is 5.39. The van der Waals surface area contributed by atoms with E-state index in [4.69, 9.17) is 18.9 Å². The average molecular weight is 316 g/mol. The van der Waals surface area contributed by atoms with Crippen molar-refractivity contribution in [2.24, 2.45) is 0 Å². The quantitative estimate of drug-likeness (QED) is 0.638. The molecule has 0 atom stereocenters. The molecule has 0 fully saturated rings. The Balaban J connectivity index is 1.87. The Kier molecular flexibility index (Phi) is 7.11. The number of allylic oxidation sites excluding steroid dienone is 4. The van der Waals surface area contributed by atoms with Gasteiger partial charge in [-0.05, 0) is 32.1 Å². The van der Waals surface area contributed by atoms with Crippen LogP contribution >= 0.6 is 0 Å². The fraction of sp³-hybridized carbons (Fsp3) is 0.368. The van der Waals surface area contributed by atoms with Crippen molar-refractivity contribution in [1.29, 1.82) is 0 Å². The van der Waals surface area contributed by atoms with Gasteiger partial charge in [-0.2, -0.15) is 0 Å². The molecule has 0 spiro atoms. The summed E-state index contributed by atoms with van der Waals surface area (Å²) in [5.74, 6) is 3.10. The standard InChI is InChI=1S/C19H24O4/c1-3-20-16-10-6-5-7-11-18(16)22-14-15-23-19-13-9-8-12-17(19)21-4-2/h5-9,11-13H,3-4,10,14-15H2,1-2H3. The van der Waals surface area contributed by atoms with E-state index in [0.29, 0.717) is 26.4 Å². The van der Waals surface area contributed by atoms with E-state index in [0.717, 1.165) is 29.4 Å².